The number of hydrogen-bond acceptors (Lipinski definition) is 4. The normalized spacial score (nSPS) is 18.4. The molecule has 0 spiro atoms. The molecular formula is C29H38ClN3O4. The summed E-state index contributed by atoms with van der Waals surface area (Å²) in [6.45, 7) is 14.7. The first kappa shape index (κ1) is 28.5. The minimum Gasteiger partial charge on any atom is -0.444 e. The molecule has 1 fully saturated rings. The Morgan fingerprint density at radius 2 is 1.68 bits per heavy atom. The van der Waals surface area contributed by atoms with Crippen LogP contribution in [0.2, 0.25) is 5.02 Å². The highest BCUT2D eigenvalue weighted by molar-refractivity contribution is 6.34. The lowest BCUT2D eigenvalue weighted by atomic mass is 9.98. The van der Waals surface area contributed by atoms with Gasteiger partial charge in [0.1, 0.15) is 17.7 Å². The average molecular weight is 528 g/mol. The van der Waals surface area contributed by atoms with Gasteiger partial charge in [-0.2, -0.15) is 0 Å². The van der Waals surface area contributed by atoms with Crippen LogP contribution in [0.15, 0.2) is 36.4 Å². The Kier molecular flexibility index (Phi) is 8.58. The Morgan fingerprint density at radius 1 is 1.08 bits per heavy atom. The molecule has 200 valence electrons. The van der Waals surface area contributed by atoms with Crippen molar-refractivity contribution in [3.63, 3.8) is 0 Å². The van der Waals surface area contributed by atoms with E-state index in [0.717, 1.165) is 23.1 Å². The molecule has 4 unspecified atom stereocenters. The van der Waals surface area contributed by atoms with E-state index in [2.05, 4.69) is 10.6 Å². The van der Waals surface area contributed by atoms with Crippen molar-refractivity contribution in [2.45, 2.75) is 85.5 Å². The molecule has 0 saturated heterocycles. The molecule has 4 atom stereocenters. The zero-order valence-electron chi connectivity index (χ0n) is 22.9. The van der Waals surface area contributed by atoms with Crippen LogP contribution in [-0.4, -0.2) is 40.5 Å². The Bertz CT molecular complexity index is 1150. The van der Waals surface area contributed by atoms with Gasteiger partial charge in [-0.25, -0.2) is 4.79 Å². The molecule has 37 heavy (non-hydrogen) atoms. The second-order valence-electron chi connectivity index (χ2n) is 11.1. The number of nitrogens with one attached hydrogen (secondary N) is 2. The molecule has 1 aliphatic rings. The van der Waals surface area contributed by atoms with Crippen LogP contribution in [0.4, 0.5) is 10.5 Å². The lowest BCUT2D eigenvalue weighted by molar-refractivity contribution is -0.141. The van der Waals surface area contributed by atoms with Gasteiger partial charge < -0.3 is 20.3 Å². The Labute approximate surface area is 224 Å². The first-order valence-electron chi connectivity index (χ1n) is 12.6. The molecule has 0 aliphatic heterocycles. The van der Waals surface area contributed by atoms with Crippen LogP contribution in [0.3, 0.4) is 0 Å². The molecule has 0 aromatic heterocycles. The summed E-state index contributed by atoms with van der Waals surface area (Å²) in [6, 6.07) is 9.33. The van der Waals surface area contributed by atoms with E-state index in [-0.39, 0.29) is 23.8 Å². The van der Waals surface area contributed by atoms with Crippen molar-refractivity contribution < 1.29 is 19.1 Å². The summed E-state index contributed by atoms with van der Waals surface area (Å²) in [4.78, 5) is 41.9. The fraction of sp³-hybridized carbons (Fsp3) is 0.483. The minimum atomic E-state index is -0.917. The number of ether oxygens (including phenoxy) is 1. The third kappa shape index (κ3) is 7.25. The lowest BCUT2D eigenvalue weighted by Gasteiger charge is -2.34. The molecule has 2 aromatic rings. The van der Waals surface area contributed by atoms with Gasteiger partial charge in [-0.05, 0) is 78.0 Å². The number of halogens is 1. The van der Waals surface area contributed by atoms with Crippen LogP contribution in [0.1, 0.15) is 69.3 Å². The number of para-hydroxylation sites is 1. The molecule has 2 aromatic carbocycles. The number of carbonyl (C=O) groups excluding carboxylic acids is 3. The van der Waals surface area contributed by atoms with E-state index in [1.807, 2.05) is 58.0 Å². The van der Waals surface area contributed by atoms with Crippen molar-refractivity contribution in [2.24, 2.45) is 5.92 Å². The second-order valence-corrected chi connectivity index (χ2v) is 11.5. The third-order valence-corrected chi connectivity index (χ3v) is 6.65. The maximum atomic E-state index is 14.0. The summed E-state index contributed by atoms with van der Waals surface area (Å²) in [5.41, 5.74) is 3.30. The van der Waals surface area contributed by atoms with E-state index in [1.54, 1.807) is 38.7 Å². The predicted molar refractivity (Wildman–Crippen MR) is 147 cm³/mol. The van der Waals surface area contributed by atoms with Gasteiger partial charge in [-0.3, -0.25) is 9.59 Å². The summed E-state index contributed by atoms with van der Waals surface area (Å²) in [7, 11) is 0. The van der Waals surface area contributed by atoms with Gasteiger partial charge in [-0.15, -0.1) is 0 Å². The maximum Gasteiger partial charge on any atom is 0.408 e. The summed E-state index contributed by atoms with van der Waals surface area (Å²) < 4.78 is 5.35. The van der Waals surface area contributed by atoms with Crippen molar-refractivity contribution in [1.29, 1.82) is 0 Å². The molecule has 3 rings (SSSR count). The van der Waals surface area contributed by atoms with Gasteiger partial charge in [-0.1, -0.05) is 60.0 Å². The number of hydrogen-bond donors (Lipinski definition) is 2. The summed E-state index contributed by atoms with van der Waals surface area (Å²) >= 11 is 6.42. The fourth-order valence-corrected chi connectivity index (χ4v) is 4.80. The number of alkyl carbamates (subject to hydrolysis) is 1. The van der Waals surface area contributed by atoms with Crippen molar-refractivity contribution in [1.82, 2.24) is 10.2 Å². The lowest BCUT2D eigenvalue weighted by Crippen LogP contribution is -2.52. The van der Waals surface area contributed by atoms with Gasteiger partial charge in [0.25, 0.3) is 5.91 Å². The molecule has 3 amide bonds. The highest BCUT2D eigenvalue weighted by Crippen LogP contribution is 2.41. The van der Waals surface area contributed by atoms with Crippen LogP contribution in [0.5, 0.6) is 0 Å². The molecule has 0 heterocycles. The minimum absolute atomic E-state index is 0.140. The van der Waals surface area contributed by atoms with Gasteiger partial charge in [0.2, 0.25) is 5.91 Å². The van der Waals surface area contributed by atoms with E-state index in [4.69, 9.17) is 16.3 Å². The number of aryl methyl sites for hydroxylation is 3. The Balaban J connectivity index is 2.02. The van der Waals surface area contributed by atoms with Crippen LogP contribution in [0, 0.1) is 26.7 Å². The summed E-state index contributed by atoms with van der Waals surface area (Å²) in [5, 5.41) is 6.05. The van der Waals surface area contributed by atoms with Crippen LogP contribution in [-0.2, 0) is 14.3 Å². The smallest absolute Gasteiger partial charge is 0.408 e. The third-order valence-electron chi connectivity index (χ3n) is 6.34. The molecule has 1 aliphatic carbocycles. The van der Waals surface area contributed by atoms with Crippen molar-refractivity contribution in [2.75, 3.05) is 5.32 Å². The highest BCUT2D eigenvalue weighted by atomic mass is 35.5. The largest absolute Gasteiger partial charge is 0.444 e. The number of benzene rings is 2. The topological polar surface area (TPSA) is 87.7 Å². The maximum absolute atomic E-state index is 14.0. The van der Waals surface area contributed by atoms with Crippen LogP contribution >= 0.6 is 11.6 Å². The number of anilines is 1. The van der Waals surface area contributed by atoms with Gasteiger partial charge in [0.05, 0.1) is 10.7 Å². The monoisotopic (exact) mass is 527 g/mol. The van der Waals surface area contributed by atoms with E-state index >= 15 is 0 Å². The zero-order chi connectivity index (χ0) is 27.7. The quantitative estimate of drug-likeness (QED) is 0.455. The molecule has 0 bridgehead atoms. The molecular weight excluding hydrogens is 490 g/mol. The van der Waals surface area contributed by atoms with Gasteiger partial charge in [0.15, 0.2) is 0 Å². The predicted octanol–water partition coefficient (Wildman–Crippen LogP) is 6.10. The number of carbonyl (C=O) groups is 3. The Morgan fingerprint density at radius 3 is 2.19 bits per heavy atom. The number of amides is 3. The van der Waals surface area contributed by atoms with E-state index in [0.29, 0.717) is 16.3 Å². The average Bonchev–Trinajstić information content (AvgIpc) is 3.47. The molecule has 2 N–H and O–H groups in total. The number of nitrogens with zero attached hydrogens (tertiary/aromatic N) is 1. The fourth-order valence-electron chi connectivity index (χ4n) is 4.53. The molecule has 7 nitrogen and oxygen atoms in total. The van der Waals surface area contributed by atoms with Gasteiger partial charge >= 0.3 is 6.09 Å². The first-order chi connectivity index (χ1) is 17.2. The summed E-state index contributed by atoms with van der Waals surface area (Å²) in [5.74, 6) is -0.491. The van der Waals surface area contributed by atoms with E-state index in [9.17, 15) is 14.4 Å². The van der Waals surface area contributed by atoms with Crippen molar-refractivity contribution >= 4 is 35.2 Å². The summed E-state index contributed by atoms with van der Waals surface area (Å²) in [6.07, 6.45) is 0.0844. The standard InChI is InChI=1S/C29H38ClN3O4/c1-16-12-17(2)14-21(13-16)25(26(34)32-24-18(3)10-9-11-22(24)30)33(23-15-19(23)4)27(35)20(5)31-28(36)37-29(6,7)8/h9-14,19-20,23,25H,15H2,1-8H3,(H,31,36)(H,32,34). The van der Waals surface area contributed by atoms with E-state index in [1.165, 1.54) is 0 Å². The van der Waals surface area contributed by atoms with Crippen LogP contribution in [0.25, 0.3) is 0 Å². The van der Waals surface area contributed by atoms with E-state index < -0.39 is 23.8 Å². The second kappa shape index (κ2) is 11.1. The Hall–Kier alpha value is -3.06. The molecule has 8 heteroatoms. The van der Waals surface area contributed by atoms with Crippen LogP contribution < -0.4 is 10.6 Å². The van der Waals surface area contributed by atoms with Crippen molar-refractivity contribution in [3.05, 3.63) is 63.7 Å². The first-order valence-corrected chi connectivity index (χ1v) is 13.0. The molecule has 0 radical (unpaired) electrons. The van der Waals surface area contributed by atoms with Gasteiger partial charge in [0, 0.05) is 6.04 Å². The highest BCUT2D eigenvalue weighted by Gasteiger charge is 2.47. The zero-order valence-corrected chi connectivity index (χ0v) is 23.7. The SMILES string of the molecule is Cc1cc(C)cc(C(C(=O)Nc2c(C)cccc2Cl)N(C(=O)C(C)NC(=O)OC(C)(C)C)C2CC2C)c1. The van der Waals surface area contributed by atoms with Crippen molar-refractivity contribution in [3.8, 4) is 0 Å². The molecule has 1 saturated carbocycles. The number of rotatable bonds is 7.